The van der Waals surface area contributed by atoms with Crippen LogP contribution < -0.4 is 5.56 Å². The standard InChI is InChI=1S/C22H29NO9/c1-4-23-17-7-6-15(21(26)32-13-12-30-11-10-29-9-8-28-3)14-16(17)19(24)18(20(23)25)22(27)31-5-2/h6-7,14,24H,4-5,8-13H2,1-3H3. The Morgan fingerprint density at radius 1 is 0.938 bits per heavy atom. The predicted molar refractivity (Wildman–Crippen MR) is 115 cm³/mol. The SMILES string of the molecule is CCOC(=O)c1c(O)c2cc(C(=O)OCCOCCOCCOC)ccc2n(CC)c1=O. The van der Waals surface area contributed by atoms with Gasteiger partial charge in [0.1, 0.15) is 12.4 Å². The molecule has 10 heteroatoms. The van der Waals surface area contributed by atoms with Crippen LogP contribution in [0.4, 0.5) is 0 Å². The zero-order chi connectivity index (χ0) is 23.5. The van der Waals surface area contributed by atoms with Gasteiger partial charge in [0, 0.05) is 19.0 Å². The number of aryl methyl sites for hydroxylation is 1. The molecule has 0 aliphatic rings. The fourth-order valence-corrected chi connectivity index (χ4v) is 3.01. The van der Waals surface area contributed by atoms with Gasteiger partial charge in [0.05, 0.1) is 50.7 Å². The molecule has 0 saturated carbocycles. The van der Waals surface area contributed by atoms with Crippen molar-refractivity contribution in [2.75, 3.05) is 53.4 Å². The normalized spacial score (nSPS) is 11.0. The molecule has 0 fully saturated rings. The number of ether oxygens (including phenoxy) is 5. The monoisotopic (exact) mass is 451 g/mol. The van der Waals surface area contributed by atoms with Gasteiger partial charge in [0.15, 0.2) is 5.56 Å². The van der Waals surface area contributed by atoms with Crippen LogP contribution in [0.5, 0.6) is 5.75 Å². The van der Waals surface area contributed by atoms with Crippen molar-refractivity contribution in [2.45, 2.75) is 20.4 Å². The number of aromatic hydroxyl groups is 1. The molecule has 10 nitrogen and oxygen atoms in total. The van der Waals surface area contributed by atoms with Crippen LogP contribution in [0, 0.1) is 0 Å². The predicted octanol–water partition coefficient (Wildman–Crippen LogP) is 1.74. The van der Waals surface area contributed by atoms with Gasteiger partial charge < -0.3 is 33.4 Å². The van der Waals surface area contributed by atoms with Crippen molar-refractivity contribution >= 4 is 22.8 Å². The third-order valence-electron chi connectivity index (χ3n) is 4.53. The molecule has 32 heavy (non-hydrogen) atoms. The minimum Gasteiger partial charge on any atom is -0.506 e. The Kier molecular flexibility index (Phi) is 10.1. The summed E-state index contributed by atoms with van der Waals surface area (Å²) >= 11 is 0. The van der Waals surface area contributed by atoms with Crippen molar-refractivity contribution in [1.82, 2.24) is 4.57 Å². The van der Waals surface area contributed by atoms with E-state index in [9.17, 15) is 19.5 Å². The highest BCUT2D eigenvalue weighted by atomic mass is 16.6. The first-order valence-corrected chi connectivity index (χ1v) is 10.3. The molecule has 0 unspecified atom stereocenters. The van der Waals surface area contributed by atoms with Gasteiger partial charge in [-0.3, -0.25) is 4.79 Å². The van der Waals surface area contributed by atoms with Crippen molar-refractivity contribution in [3.8, 4) is 5.75 Å². The van der Waals surface area contributed by atoms with Crippen LogP contribution in [0.3, 0.4) is 0 Å². The quantitative estimate of drug-likeness (QED) is 0.358. The summed E-state index contributed by atoms with van der Waals surface area (Å²) in [6.07, 6.45) is 0. The van der Waals surface area contributed by atoms with Gasteiger partial charge in [0.25, 0.3) is 5.56 Å². The molecule has 1 aromatic heterocycles. The Hall–Kier alpha value is -2.95. The van der Waals surface area contributed by atoms with E-state index in [-0.39, 0.29) is 37.3 Å². The Balaban J connectivity index is 2.09. The number of methoxy groups -OCH3 is 1. The first-order valence-electron chi connectivity index (χ1n) is 10.3. The lowest BCUT2D eigenvalue weighted by atomic mass is 10.1. The summed E-state index contributed by atoms with van der Waals surface area (Å²) in [5.41, 5.74) is -0.578. The van der Waals surface area contributed by atoms with Crippen LogP contribution in [0.2, 0.25) is 0 Å². The molecule has 0 bridgehead atoms. The van der Waals surface area contributed by atoms with Crippen molar-refractivity contribution in [3.63, 3.8) is 0 Å². The van der Waals surface area contributed by atoms with Crippen LogP contribution in [-0.4, -0.2) is 75.0 Å². The van der Waals surface area contributed by atoms with Crippen LogP contribution in [0.1, 0.15) is 34.6 Å². The zero-order valence-corrected chi connectivity index (χ0v) is 18.5. The molecular weight excluding hydrogens is 422 g/mol. The topological polar surface area (TPSA) is 123 Å². The molecule has 2 rings (SSSR count). The Bertz CT molecular complexity index is 984. The lowest BCUT2D eigenvalue weighted by Gasteiger charge is -2.14. The van der Waals surface area contributed by atoms with E-state index < -0.39 is 28.8 Å². The molecule has 0 atom stereocenters. The van der Waals surface area contributed by atoms with Crippen molar-refractivity contribution in [2.24, 2.45) is 0 Å². The third kappa shape index (κ3) is 6.28. The molecule has 0 aliphatic carbocycles. The van der Waals surface area contributed by atoms with E-state index >= 15 is 0 Å². The number of rotatable bonds is 13. The number of nitrogens with zero attached hydrogens (tertiary/aromatic N) is 1. The minimum atomic E-state index is -0.921. The maximum Gasteiger partial charge on any atom is 0.347 e. The Morgan fingerprint density at radius 3 is 2.22 bits per heavy atom. The molecule has 176 valence electrons. The average Bonchev–Trinajstić information content (AvgIpc) is 2.78. The van der Waals surface area contributed by atoms with Gasteiger partial charge in [-0.1, -0.05) is 0 Å². The Morgan fingerprint density at radius 2 is 1.59 bits per heavy atom. The number of hydrogen-bond acceptors (Lipinski definition) is 9. The van der Waals surface area contributed by atoms with Gasteiger partial charge in [-0.2, -0.15) is 0 Å². The van der Waals surface area contributed by atoms with Crippen molar-refractivity contribution in [3.05, 3.63) is 39.7 Å². The Labute approximate surface area is 185 Å². The molecule has 1 N–H and O–H groups in total. The summed E-state index contributed by atoms with van der Waals surface area (Å²) in [6, 6.07) is 4.40. The first-order chi connectivity index (χ1) is 15.5. The van der Waals surface area contributed by atoms with E-state index in [1.165, 1.54) is 22.8 Å². The maximum absolute atomic E-state index is 12.7. The second-order valence-corrected chi connectivity index (χ2v) is 6.58. The molecule has 0 aliphatic heterocycles. The number of hydrogen-bond donors (Lipinski definition) is 1. The smallest absolute Gasteiger partial charge is 0.347 e. The summed E-state index contributed by atoms with van der Waals surface area (Å²) < 4.78 is 26.9. The van der Waals surface area contributed by atoms with Gasteiger partial charge in [-0.05, 0) is 32.0 Å². The van der Waals surface area contributed by atoms with Crippen molar-refractivity contribution in [1.29, 1.82) is 0 Å². The summed E-state index contributed by atoms with van der Waals surface area (Å²) in [6.45, 7) is 5.62. The van der Waals surface area contributed by atoms with Crippen LogP contribution in [0.15, 0.2) is 23.0 Å². The molecule has 0 spiro atoms. The van der Waals surface area contributed by atoms with E-state index in [1.54, 1.807) is 21.0 Å². The van der Waals surface area contributed by atoms with Crippen LogP contribution >= 0.6 is 0 Å². The number of aromatic nitrogens is 1. The summed E-state index contributed by atoms with van der Waals surface area (Å²) in [4.78, 5) is 37.2. The maximum atomic E-state index is 12.7. The van der Waals surface area contributed by atoms with Crippen LogP contribution in [-0.2, 0) is 30.2 Å². The number of carbonyl (C=O) groups is 2. The van der Waals surface area contributed by atoms with Gasteiger partial charge in [-0.15, -0.1) is 0 Å². The number of fused-ring (bicyclic) bond motifs is 1. The second kappa shape index (κ2) is 12.8. The fraction of sp³-hybridized carbons (Fsp3) is 0.500. The third-order valence-corrected chi connectivity index (χ3v) is 4.53. The van der Waals surface area contributed by atoms with E-state index in [0.717, 1.165) is 0 Å². The first kappa shape index (κ1) is 25.3. The van der Waals surface area contributed by atoms with E-state index in [2.05, 4.69) is 0 Å². The van der Waals surface area contributed by atoms with Crippen LogP contribution in [0.25, 0.3) is 10.9 Å². The summed E-state index contributed by atoms with van der Waals surface area (Å²) in [5, 5.41) is 10.8. The summed E-state index contributed by atoms with van der Waals surface area (Å²) in [7, 11) is 1.59. The number of benzene rings is 1. The van der Waals surface area contributed by atoms with Gasteiger partial charge in [-0.25, -0.2) is 9.59 Å². The highest BCUT2D eigenvalue weighted by molar-refractivity contribution is 6.02. The average molecular weight is 451 g/mol. The highest BCUT2D eigenvalue weighted by Crippen LogP contribution is 2.28. The molecule has 0 radical (unpaired) electrons. The van der Waals surface area contributed by atoms with Gasteiger partial charge in [0.2, 0.25) is 0 Å². The number of esters is 2. The second-order valence-electron chi connectivity index (χ2n) is 6.58. The molecule has 0 saturated heterocycles. The van der Waals surface area contributed by atoms with Crippen molar-refractivity contribution < 1.29 is 38.4 Å². The number of carbonyl (C=O) groups excluding carboxylic acids is 2. The van der Waals surface area contributed by atoms with E-state index in [0.29, 0.717) is 31.9 Å². The molecule has 2 aromatic rings. The fourth-order valence-electron chi connectivity index (χ4n) is 3.01. The van der Waals surface area contributed by atoms with E-state index in [1.807, 2.05) is 0 Å². The number of pyridine rings is 1. The minimum absolute atomic E-state index is 0.0312. The summed E-state index contributed by atoms with van der Waals surface area (Å²) in [5.74, 6) is -2.08. The molecule has 1 heterocycles. The lowest BCUT2D eigenvalue weighted by Crippen LogP contribution is -2.27. The zero-order valence-electron chi connectivity index (χ0n) is 18.5. The largest absolute Gasteiger partial charge is 0.506 e. The lowest BCUT2D eigenvalue weighted by molar-refractivity contribution is 0.00570. The molecule has 0 amide bonds. The van der Waals surface area contributed by atoms with E-state index in [4.69, 9.17) is 23.7 Å². The highest BCUT2D eigenvalue weighted by Gasteiger charge is 2.23. The molecular formula is C22H29NO9. The van der Waals surface area contributed by atoms with Gasteiger partial charge >= 0.3 is 11.9 Å². The molecule has 1 aromatic carbocycles.